The molecule has 1 aromatic carbocycles. The van der Waals surface area contributed by atoms with Gasteiger partial charge in [-0.1, -0.05) is 18.2 Å². The van der Waals surface area contributed by atoms with Gasteiger partial charge in [0.05, 0.1) is 17.5 Å². The average molecular weight is 285 g/mol. The van der Waals surface area contributed by atoms with Crippen molar-refractivity contribution in [1.29, 1.82) is 0 Å². The fourth-order valence-corrected chi connectivity index (χ4v) is 3.06. The predicted molar refractivity (Wildman–Crippen MR) is 83.6 cm³/mol. The molecule has 1 atom stereocenters. The van der Waals surface area contributed by atoms with Crippen LogP contribution in [0, 0.1) is 0 Å². The third kappa shape index (κ3) is 2.87. The number of aromatic nitrogens is 2. The molecule has 1 unspecified atom stereocenters. The van der Waals surface area contributed by atoms with Crippen molar-refractivity contribution in [3.63, 3.8) is 0 Å². The average Bonchev–Trinajstić information content (AvgIpc) is 2.98. The first kappa shape index (κ1) is 14.3. The van der Waals surface area contributed by atoms with Gasteiger partial charge in [0.15, 0.2) is 0 Å². The van der Waals surface area contributed by atoms with Crippen LogP contribution in [0.3, 0.4) is 0 Å². The van der Waals surface area contributed by atoms with Gasteiger partial charge in [-0.3, -0.25) is 0 Å². The molecule has 4 nitrogen and oxygen atoms in total. The fraction of sp³-hybridized carbons (Fsp3) is 0.471. The first-order chi connectivity index (χ1) is 10.3. The van der Waals surface area contributed by atoms with Crippen molar-refractivity contribution in [3.8, 4) is 5.69 Å². The number of hydrogen-bond donors (Lipinski definition) is 1. The number of ether oxygens (including phenoxy) is 1. The van der Waals surface area contributed by atoms with Crippen molar-refractivity contribution in [2.24, 2.45) is 0 Å². The monoisotopic (exact) mass is 285 g/mol. The first-order valence-electron chi connectivity index (χ1n) is 7.59. The van der Waals surface area contributed by atoms with Gasteiger partial charge in [0.2, 0.25) is 0 Å². The van der Waals surface area contributed by atoms with Crippen molar-refractivity contribution in [3.05, 3.63) is 48.3 Å². The van der Waals surface area contributed by atoms with E-state index in [4.69, 9.17) is 4.74 Å². The quantitative estimate of drug-likeness (QED) is 0.886. The minimum absolute atomic E-state index is 0.0581. The summed E-state index contributed by atoms with van der Waals surface area (Å²) in [5.74, 6) is 0. The van der Waals surface area contributed by atoms with E-state index in [9.17, 15) is 0 Å². The molecule has 2 aromatic rings. The highest BCUT2D eigenvalue weighted by Crippen LogP contribution is 2.41. The number of methoxy groups -OCH3 is 1. The Balaban J connectivity index is 1.77. The Labute approximate surface area is 126 Å². The van der Waals surface area contributed by atoms with E-state index in [-0.39, 0.29) is 11.6 Å². The molecular formula is C17H23N3O. The third-order valence-electron chi connectivity index (χ3n) is 4.65. The smallest absolute Gasteiger partial charge is 0.0697 e. The molecule has 3 rings (SSSR count). The lowest BCUT2D eigenvalue weighted by Crippen LogP contribution is -2.42. The maximum atomic E-state index is 5.75. The summed E-state index contributed by atoms with van der Waals surface area (Å²) in [7, 11) is 3.84. The zero-order valence-electron chi connectivity index (χ0n) is 12.7. The Morgan fingerprint density at radius 2 is 2.10 bits per heavy atom. The lowest BCUT2D eigenvalue weighted by molar-refractivity contribution is -0.0834. The highest BCUT2D eigenvalue weighted by atomic mass is 16.5. The molecule has 0 saturated heterocycles. The van der Waals surface area contributed by atoms with E-state index in [2.05, 4.69) is 28.7 Å². The molecule has 112 valence electrons. The Kier molecular flexibility index (Phi) is 4.08. The Morgan fingerprint density at radius 3 is 2.67 bits per heavy atom. The highest BCUT2D eigenvalue weighted by molar-refractivity contribution is 5.31. The first-order valence-corrected chi connectivity index (χ1v) is 7.59. The molecule has 0 amide bonds. The lowest BCUT2D eigenvalue weighted by Gasteiger charge is -2.42. The van der Waals surface area contributed by atoms with Gasteiger partial charge in [-0.2, -0.15) is 5.10 Å². The number of benzene rings is 1. The summed E-state index contributed by atoms with van der Waals surface area (Å²) in [4.78, 5) is 0. The van der Waals surface area contributed by atoms with E-state index in [1.165, 1.54) is 12.0 Å². The minimum Gasteiger partial charge on any atom is -0.378 e. The molecule has 4 heteroatoms. The molecule has 1 N–H and O–H groups in total. The summed E-state index contributed by atoms with van der Waals surface area (Å²) < 4.78 is 7.68. The van der Waals surface area contributed by atoms with Crippen LogP contribution in [0.1, 0.15) is 37.3 Å². The molecule has 0 aliphatic heterocycles. The maximum Gasteiger partial charge on any atom is 0.0697 e. The number of para-hydroxylation sites is 1. The number of nitrogens with zero attached hydrogens (tertiary/aromatic N) is 2. The standard InChI is InChI=1S/C17H23N3O/c1-18-16(11-17(21-2)9-6-10-17)14-12-19-20(13-14)15-7-4-3-5-8-15/h3-5,7-8,12-13,16,18H,6,9-11H2,1-2H3. The summed E-state index contributed by atoms with van der Waals surface area (Å²) in [6.07, 6.45) is 8.66. The van der Waals surface area contributed by atoms with Crippen molar-refractivity contribution in [2.75, 3.05) is 14.2 Å². The fourth-order valence-electron chi connectivity index (χ4n) is 3.06. The molecule has 1 fully saturated rings. The molecule has 1 aliphatic carbocycles. The van der Waals surface area contributed by atoms with Gasteiger partial charge in [0.1, 0.15) is 0 Å². The zero-order valence-corrected chi connectivity index (χ0v) is 12.7. The van der Waals surface area contributed by atoms with E-state index < -0.39 is 0 Å². The normalized spacial score (nSPS) is 18.2. The molecule has 1 saturated carbocycles. The van der Waals surface area contributed by atoms with E-state index >= 15 is 0 Å². The van der Waals surface area contributed by atoms with Crippen LogP contribution in [0.15, 0.2) is 42.7 Å². The van der Waals surface area contributed by atoms with Gasteiger partial charge < -0.3 is 10.1 Å². The lowest BCUT2D eigenvalue weighted by atomic mass is 9.75. The van der Waals surface area contributed by atoms with Gasteiger partial charge in [0.25, 0.3) is 0 Å². The zero-order chi connectivity index (χ0) is 14.7. The van der Waals surface area contributed by atoms with Crippen LogP contribution in [-0.2, 0) is 4.74 Å². The van der Waals surface area contributed by atoms with Gasteiger partial charge >= 0.3 is 0 Å². The molecule has 0 radical (unpaired) electrons. The van der Waals surface area contributed by atoms with Crippen LogP contribution in [0.25, 0.3) is 5.69 Å². The maximum absolute atomic E-state index is 5.75. The van der Waals surface area contributed by atoms with Gasteiger partial charge in [-0.05, 0) is 44.9 Å². The number of hydrogen-bond acceptors (Lipinski definition) is 3. The second-order valence-electron chi connectivity index (χ2n) is 5.84. The van der Waals surface area contributed by atoms with Gasteiger partial charge in [0, 0.05) is 24.9 Å². The van der Waals surface area contributed by atoms with Crippen LogP contribution in [0.2, 0.25) is 0 Å². The van der Waals surface area contributed by atoms with E-state index in [0.29, 0.717) is 0 Å². The minimum atomic E-state index is 0.0581. The molecule has 0 spiro atoms. The number of nitrogens with one attached hydrogen (secondary N) is 1. The second-order valence-corrected chi connectivity index (χ2v) is 5.84. The molecule has 21 heavy (non-hydrogen) atoms. The van der Waals surface area contributed by atoms with Crippen LogP contribution in [0.5, 0.6) is 0 Å². The molecule has 1 aromatic heterocycles. The SMILES string of the molecule is CNC(CC1(OC)CCC1)c1cnn(-c2ccccc2)c1. The molecular weight excluding hydrogens is 262 g/mol. The topological polar surface area (TPSA) is 39.1 Å². The van der Waals surface area contributed by atoms with Crippen molar-refractivity contribution in [2.45, 2.75) is 37.3 Å². The molecule has 1 heterocycles. The summed E-state index contributed by atoms with van der Waals surface area (Å²) in [6, 6.07) is 10.5. The summed E-state index contributed by atoms with van der Waals surface area (Å²) in [6.45, 7) is 0. The summed E-state index contributed by atoms with van der Waals surface area (Å²) in [5.41, 5.74) is 2.36. The summed E-state index contributed by atoms with van der Waals surface area (Å²) >= 11 is 0. The largest absolute Gasteiger partial charge is 0.378 e. The van der Waals surface area contributed by atoms with E-state index in [1.807, 2.05) is 43.2 Å². The van der Waals surface area contributed by atoms with Crippen molar-refractivity contribution < 1.29 is 4.74 Å². The van der Waals surface area contributed by atoms with Gasteiger partial charge in [-0.25, -0.2) is 4.68 Å². The molecule has 0 bridgehead atoms. The second kappa shape index (κ2) is 6.00. The molecule has 1 aliphatic rings. The third-order valence-corrected chi connectivity index (χ3v) is 4.65. The number of rotatable bonds is 6. The highest BCUT2D eigenvalue weighted by Gasteiger charge is 2.39. The van der Waals surface area contributed by atoms with Crippen molar-refractivity contribution in [1.82, 2.24) is 15.1 Å². The van der Waals surface area contributed by atoms with Crippen LogP contribution < -0.4 is 5.32 Å². The Bertz CT molecular complexity index is 569. The Hall–Kier alpha value is -1.65. The van der Waals surface area contributed by atoms with E-state index in [1.54, 1.807) is 0 Å². The van der Waals surface area contributed by atoms with Crippen LogP contribution >= 0.6 is 0 Å². The predicted octanol–water partition coefficient (Wildman–Crippen LogP) is 3.09. The van der Waals surface area contributed by atoms with Crippen molar-refractivity contribution >= 4 is 0 Å². The van der Waals surface area contributed by atoms with E-state index in [0.717, 1.165) is 24.9 Å². The van der Waals surface area contributed by atoms with Crippen LogP contribution in [-0.4, -0.2) is 29.5 Å². The summed E-state index contributed by atoms with van der Waals surface area (Å²) in [5, 5.41) is 7.90. The Morgan fingerprint density at radius 1 is 1.33 bits per heavy atom. The van der Waals surface area contributed by atoms with Crippen LogP contribution in [0.4, 0.5) is 0 Å². The van der Waals surface area contributed by atoms with Gasteiger partial charge in [-0.15, -0.1) is 0 Å².